The summed E-state index contributed by atoms with van der Waals surface area (Å²) >= 11 is 0. The van der Waals surface area contributed by atoms with Crippen LogP contribution in [0, 0.1) is 11.6 Å². The van der Waals surface area contributed by atoms with E-state index in [1.54, 1.807) is 12.1 Å². The summed E-state index contributed by atoms with van der Waals surface area (Å²) in [5, 5.41) is 8.80. The first-order chi connectivity index (χ1) is 7.72. The zero-order valence-corrected chi connectivity index (χ0v) is 8.32. The monoisotopic (exact) mass is 221 g/mol. The molecule has 1 aromatic carbocycles. The van der Waals surface area contributed by atoms with Gasteiger partial charge < -0.3 is 5.11 Å². The number of aliphatic hydroxyl groups excluding tert-OH is 1. The SMILES string of the molecule is OCc1ccc(-c2cccc(F)c2F)cn1. The Labute approximate surface area is 91.2 Å². The maximum Gasteiger partial charge on any atom is 0.166 e. The Hall–Kier alpha value is -1.81. The lowest BCUT2D eigenvalue weighted by atomic mass is 10.1. The van der Waals surface area contributed by atoms with Gasteiger partial charge in [0.2, 0.25) is 0 Å². The first-order valence-electron chi connectivity index (χ1n) is 4.72. The predicted octanol–water partition coefficient (Wildman–Crippen LogP) is 2.52. The summed E-state index contributed by atoms with van der Waals surface area (Å²) < 4.78 is 26.4. The van der Waals surface area contributed by atoms with Gasteiger partial charge in [-0.15, -0.1) is 0 Å². The first-order valence-corrected chi connectivity index (χ1v) is 4.72. The van der Waals surface area contributed by atoms with Crippen LogP contribution in [0.15, 0.2) is 36.5 Å². The van der Waals surface area contributed by atoms with Crippen molar-refractivity contribution in [2.24, 2.45) is 0 Å². The molecule has 0 bridgehead atoms. The Kier molecular flexibility index (Phi) is 2.92. The third kappa shape index (κ3) is 1.92. The van der Waals surface area contributed by atoms with Crippen LogP contribution in [-0.4, -0.2) is 10.1 Å². The smallest absolute Gasteiger partial charge is 0.166 e. The van der Waals surface area contributed by atoms with Gasteiger partial charge >= 0.3 is 0 Å². The van der Waals surface area contributed by atoms with E-state index in [2.05, 4.69) is 4.98 Å². The lowest BCUT2D eigenvalue weighted by Crippen LogP contribution is -1.92. The van der Waals surface area contributed by atoms with Gasteiger partial charge in [0.1, 0.15) is 0 Å². The number of nitrogens with zero attached hydrogens (tertiary/aromatic N) is 1. The average molecular weight is 221 g/mol. The molecule has 0 aliphatic rings. The number of benzene rings is 1. The summed E-state index contributed by atoms with van der Waals surface area (Å²) in [6.45, 7) is -0.175. The van der Waals surface area contributed by atoms with Crippen LogP contribution in [0.3, 0.4) is 0 Å². The van der Waals surface area contributed by atoms with Crippen LogP contribution in [0.2, 0.25) is 0 Å². The molecule has 0 amide bonds. The van der Waals surface area contributed by atoms with E-state index in [1.807, 2.05) is 0 Å². The molecular weight excluding hydrogens is 212 g/mol. The van der Waals surface area contributed by atoms with E-state index in [0.717, 1.165) is 6.07 Å². The molecule has 2 nitrogen and oxygen atoms in total. The minimum absolute atomic E-state index is 0.164. The van der Waals surface area contributed by atoms with Crippen molar-refractivity contribution in [3.8, 4) is 11.1 Å². The van der Waals surface area contributed by atoms with Gasteiger partial charge in [-0.3, -0.25) is 4.98 Å². The van der Waals surface area contributed by atoms with Gasteiger partial charge in [-0.1, -0.05) is 18.2 Å². The summed E-state index contributed by atoms with van der Waals surface area (Å²) in [5.41, 5.74) is 1.13. The molecule has 1 heterocycles. The Bertz CT molecular complexity index is 497. The molecule has 0 radical (unpaired) electrons. The fraction of sp³-hybridized carbons (Fsp3) is 0.0833. The summed E-state index contributed by atoms with van der Waals surface area (Å²) in [4.78, 5) is 3.91. The lowest BCUT2D eigenvalue weighted by molar-refractivity contribution is 0.277. The van der Waals surface area contributed by atoms with E-state index < -0.39 is 11.6 Å². The van der Waals surface area contributed by atoms with E-state index in [9.17, 15) is 8.78 Å². The zero-order valence-electron chi connectivity index (χ0n) is 8.32. The number of halogens is 2. The molecular formula is C12H9F2NO. The second-order valence-corrected chi connectivity index (χ2v) is 3.30. The van der Waals surface area contributed by atoms with Crippen molar-refractivity contribution in [2.75, 3.05) is 0 Å². The predicted molar refractivity (Wildman–Crippen MR) is 55.5 cm³/mol. The molecule has 4 heteroatoms. The molecule has 0 fully saturated rings. The molecule has 16 heavy (non-hydrogen) atoms. The molecule has 1 N–H and O–H groups in total. The van der Waals surface area contributed by atoms with Crippen LogP contribution in [0.4, 0.5) is 8.78 Å². The van der Waals surface area contributed by atoms with Gasteiger partial charge in [-0.25, -0.2) is 8.78 Å². The number of aliphatic hydroxyl groups is 1. The molecule has 0 saturated heterocycles. The van der Waals surface area contributed by atoms with E-state index in [0.29, 0.717) is 11.3 Å². The van der Waals surface area contributed by atoms with E-state index >= 15 is 0 Å². The zero-order chi connectivity index (χ0) is 11.5. The number of rotatable bonds is 2. The summed E-state index contributed by atoms with van der Waals surface area (Å²) in [6.07, 6.45) is 1.41. The standard InChI is InChI=1S/C12H9F2NO/c13-11-3-1-2-10(12(11)14)8-4-5-9(7-16)15-6-8/h1-6,16H,7H2. The highest BCUT2D eigenvalue weighted by Gasteiger charge is 2.09. The van der Waals surface area contributed by atoms with Crippen molar-refractivity contribution in [2.45, 2.75) is 6.61 Å². The van der Waals surface area contributed by atoms with Gasteiger partial charge in [0.15, 0.2) is 11.6 Å². The average Bonchev–Trinajstić information content (AvgIpc) is 2.33. The molecule has 1 aromatic heterocycles. The van der Waals surface area contributed by atoms with Crippen molar-refractivity contribution in [1.29, 1.82) is 0 Å². The molecule has 0 spiro atoms. The molecule has 0 atom stereocenters. The second kappa shape index (κ2) is 4.37. The molecule has 0 unspecified atom stereocenters. The van der Waals surface area contributed by atoms with Crippen LogP contribution in [-0.2, 0) is 6.61 Å². The van der Waals surface area contributed by atoms with Gasteiger partial charge in [-0.2, -0.15) is 0 Å². The van der Waals surface area contributed by atoms with Crippen LogP contribution in [0.1, 0.15) is 5.69 Å². The maximum absolute atomic E-state index is 13.4. The molecule has 2 aromatic rings. The molecule has 0 aliphatic heterocycles. The van der Waals surface area contributed by atoms with Crippen LogP contribution >= 0.6 is 0 Å². The third-order valence-electron chi connectivity index (χ3n) is 2.25. The van der Waals surface area contributed by atoms with Crippen molar-refractivity contribution in [3.63, 3.8) is 0 Å². The van der Waals surface area contributed by atoms with Gasteiger partial charge in [0.25, 0.3) is 0 Å². The topological polar surface area (TPSA) is 33.1 Å². The number of aromatic nitrogens is 1. The Morgan fingerprint density at radius 1 is 1.12 bits per heavy atom. The fourth-order valence-corrected chi connectivity index (χ4v) is 1.40. The summed E-state index contributed by atoms with van der Waals surface area (Å²) in [7, 11) is 0. The first kappa shape index (κ1) is 10.7. The number of hydrogen-bond acceptors (Lipinski definition) is 2. The lowest BCUT2D eigenvalue weighted by Gasteiger charge is -2.04. The van der Waals surface area contributed by atoms with Crippen LogP contribution < -0.4 is 0 Å². The van der Waals surface area contributed by atoms with Crippen LogP contribution in [0.25, 0.3) is 11.1 Å². The summed E-state index contributed by atoms with van der Waals surface area (Å²) in [5.74, 6) is -1.77. The quantitative estimate of drug-likeness (QED) is 0.845. The molecule has 82 valence electrons. The second-order valence-electron chi connectivity index (χ2n) is 3.30. The minimum Gasteiger partial charge on any atom is -0.390 e. The van der Waals surface area contributed by atoms with E-state index in [1.165, 1.54) is 18.3 Å². The van der Waals surface area contributed by atoms with Crippen LogP contribution in [0.5, 0.6) is 0 Å². The normalized spacial score (nSPS) is 10.4. The van der Waals surface area contributed by atoms with Crippen molar-refractivity contribution >= 4 is 0 Å². The van der Waals surface area contributed by atoms with Gasteiger partial charge in [0.05, 0.1) is 12.3 Å². The van der Waals surface area contributed by atoms with E-state index in [4.69, 9.17) is 5.11 Å². The maximum atomic E-state index is 13.4. The van der Waals surface area contributed by atoms with E-state index in [-0.39, 0.29) is 12.2 Å². The Morgan fingerprint density at radius 2 is 1.94 bits per heavy atom. The van der Waals surface area contributed by atoms with Crippen molar-refractivity contribution < 1.29 is 13.9 Å². The summed E-state index contributed by atoms with van der Waals surface area (Å²) in [6, 6.07) is 7.15. The molecule has 2 rings (SSSR count). The molecule has 0 saturated carbocycles. The highest BCUT2D eigenvalue weighted by molar-refractivity contribution is 5.63. The van der Waals surface area contributed by atoms with Crippen molar-refractivity contribution in [1.82, 2.24) is 4.98 Å². The molecule has 0 aliphatic carbocycles. The minimum atomic E-state index is -0.888. The number of pyridine rings is 1. The third-order valence-corrected chi connectivity index (χ3v) is 2.25. The van der Waals surface area contributed by atoms with Crippen molar-refractivity contribution in [3.05, 3.63) is 53.9 Å². The fourth-order valence-electron chi connectivity index (χ4n) is 1.40. The van der Waals surface area contributed by atoms with Gasteiger partial charge in [-0.05, 0) is 12.1 Å². The Morgan fingerprint density at radius 3 is 2.56 bits per heavy atom. The number of hydrogen-bond donors (Lipinski definition) is 1. The Balaban J connectivity index is 2.46. The van der Waals surface area contributed by atoms with Gasteiger partial charge in [0, 0.05) is 17.3 Å². The highest BCUT2D eigenvalue weighted by atomic mass is 19.2. The largest absolute Gasteiger partial charge is 0.390 e. The highest BCUT2D eigenvalue weighted by Crippen LogP contribution is 2.23.